The summed E-state index contributed by atoms with van der Waals surface area (Å²) in [6, 6.07) is 6.79. The predicted octanol–water partition coefficient (Wildman–Crippen LogP) is 1.48. The highest BCUT2D eigenvalue weighted by Gasteiger charge is 2.05. The van der Waals surface area contributed by atoms with E-state index >= 15 is 0 Å². The first kappa shape index (κ1) is 9.79. The second-order valence-electron chi connectivity index (χ2n) is 2.31. The van der Waals surface area contributed by atoms with E-state index in [1.165, 1.54) is 0 Å². The molecule has 0 spiro atoms. The van der Waals surface area contributed by atoms with Crippen LogP contribution in [0, 0.1) is 11.8 Å². The second-order valence-corrected chi connectivity index (χ2v) is 2.72. The van der Waals surface area contributed by atoms with Gasteiger partial charge in [-0.15, -0.1) is 0 Å². The van der Waals surface area contributed by atoms with Crippen LogP contribution in [0.25, 0.3) is 0 Å². The predicted molar refractivity (Wildman–Crippen MR) is 52.6 cm³/mol. The number of hydrogen-bond donors (Lipinski definition) is 1. The lowest BCUT2D eigenvalue weighted by Crippen LogP contribution is -1.99. The summed E-state index contributed by atoms with van der Waals surface area (Å²) >= 11 is 5.78. The lowest BCUT2D eigenvalue weighted by atomic mass is 10.1. The molecule has 0 fully saturated rings. The minimum absolute atomic E-state index is 0.177. The van der Waals surface area contributed by atoms with E-state index in [9.17, 15) is 4.79 Å². The Morgan fingerprint density at radius 2 is 2.15 bits per heavy atom. The molecule has 1 aromatic carbocycles. The number of carbonyl (C=O) groups is 1. The molecule has 0 saturated heterocycles. The van der Waals surface area contributed by atoms with E-state index in [1.54, 1.807) is 24.3 Å². The second kappa shape index (κ2) is 4.66. The SMILES string of the molecule is NCC#CC(=O)c1ccccc1Cl. The van der Waals surface area contributed by atoms with Gasteiger partial charge in [-0.05, 0) is 18.1 Å². The largest absolute Gasteiger partial charge is 0.320 e. The summed E-state index contributed by atoms with van der Waals surface area (Å²) in [5.74, 6) is 4.59. The zero-order valence-electron chi connectivity index (χ0n) is 6.88. The normalized spacial score (nSPS) is 8.77. The number of rotatable bonds is 1. The van der Waals surface area contributed by atoms with Crippen LogP contribution in [0.1, 0.15) is 10.4 Å². The third-order valence-electron chi connectivity index (χ3n) is 1.42. The van der Waals surface area contributed by atoms with E-state index in [2.05, 4.69) is 11.8 Å². The molecule has 0 atom stereocenters. The lowest BCUT2D eigenvalue weighted by molar-refractivity contribution is 0.105. The molecule has 13 heavy (non-hydrogen) atoms. The van der Waals surface area contributed by atoms with Crippen molar-refractivity contribution in [2.75, 3.05) is 6.54 Å². The Kier molecular flexibility index (Phi) is 3.51. The highest BCUT2D eigenvalue weighted by molar-refractivity contribution is 6.35. The first-order chi connectivity index (χ1) is 6.25. The van der Waals surface area contributed by atoms with Gasteiger partial charge in [0.05, 0.1) is 11.6 Å². The third-order valence-corrected chi connectivity index (χ3v) is 1.75. The van der Waals surface area contributed by atoms with Gasteiger partial charge in [0.1, 0.15) is 0 Å². The van der Waals surface area contributed by atoms with Gasteiger partial charge in [-0.1, -0.05) is 29.7 Å². The molecule has 1 aromatic rings. The number of carbonyl (C=O) groups excluding carboxylic acids is 1. The molecule has 0 heterocycles. The van der Waals surface area contributed by atoms with Gasteiger partial charge in [-0.25, -0.2) is 0 Å². The standard InChI is InChI=1S/C10H8ClNO/c11-9-5-2-1-4-8(9)10(13)6-3-7-12/h1-2,4-5H,7,12H2. The van der Waals surface area contributed by atoms with E-state index in [4.69, 9.17) is 17.3 Å². The summed E-state index contributed by atoms with van der Waals surface area (Å²) in [7, 11) is 0. The zero-order valence-corrected chi connectivity index (χ0v) is 7.64. The Hall–Kier alpha value is -1.30. The Labute approximate surface area is 81.7 Å². The van der Waals surface area contributed by atoms with Crippen LogP contribution in [-0.2, 0) is 0 Å². The molecule has 2 nitrogen and oxygen atoms in total. The Morgan fingerprint density at radius 1 is 1.46 bits per heavy atom. The van der Waals surface area contributed by atoms with Gasteiger partial charge in [0.2, 0.25) is 5.78 Å². The number of benzene rings is 1. The highest BCUT2D eigenvalue weighted by atomic mass is 35.5. The van der Waals surface area contributed by atoms with Gasteiger partial charge in [0.25, 0.3) is 0 Å². The molecule has 0 unspecified atom stereocenters. The van der Waals surface area contributed by atoms with Crippen molar-refractivity contribution in [2.45, 2.75) is 0 Å². The molecule has 0 saturated carbocycles. The van der Waals surface area contributed by atoms with Crippen LogP contribution in [0.15, 0.2) is 24.3 Å². The van der Waals surface area contributed by atoms with Crippen molar-refractivity contribution in [1.29, 1.82) is 0 Å². The summed E-state index contributed by atoms with van der Waals surface area (Å²) in [5, 5.41) is 0.416. The van der Waals surface area contributed by atoms with Crippen molar-refractivity contribution in [3.63, 3.8) is 0 Å². The number of hydrogen-bond acceptors (Lipinski definition) is 2. The quantitative estimate of drug-likeness (QED) is 0.417. The van der Waals surface area contributed by atoms with Crippen molar-refractivity contribution in [2.24, 2.45) is 5.73 Å². The zero-order chi connectivity index (χ0) is 9.68. The van der Waals surface area contributed by atoms with Crippen LogP contribution in [-0.4, -0.2) is 12.3 Å². The average Bonchev–Trinajstić information content (AvgIpc) is 2.15. The van der Waals surface area contributed by atoms with Gasteiger partial charge < -0.3 is 5.73 Å². The van der Waals surface area contributed by atoms with Gasteiger partial charge in [-0.3, -0.25) is 4.79 Å². The van der Waals surface area contributed by atoms with Crippen LogP contribution in [0.2, 0.25) is 5.02 Å². The van der Waals surface area contributed by atoms with Gasteiger partial charge in [-0.2, -0.15) is 0 Å². The summed E-state index contributed by atoms with van der Waals surface area (Å²) < 4.78 is 0. The monoisotopic (exact) mass is 193 g/mol. The number of ketones is 1. The van der Waals surface area contributed by atoms with E-state index in [1.807, 2.05) is 0 Å². The summed E-state index contributed by atoms with van der Waals surface area (Å²) in [6.45, 7) is 0.177. The van der Waals surface area contributed by atoms with Crippen LogP contribution >= 0.6 is 11.6 Å². The number of nitrogens with two attached hydrogens (primary N) is 1. The summed E-state index contributed by atoms with van der Waals surface area (Å²) in [5.41, 5.74) is 5.56. The van der Waals surface area contributed by atoms with Crippen LogP contribution in [0.3, 0.4) is 0 Å². The van der Waals surface area contributed by atoms with E-state index in [-0.39, 0.29) is 12.3 Å². The Bertz CT molecular complexity index is 376. The number of halogens is 1. The van der Waals surface area contributed by atoms with Crippen molar-refractivity contribution < 1.29 is 4.79 Å². The van der Waals surface area contributed by atoms with Crippen LogP contribution < -0.4 is 5.73 Å². The smallest absolute Gasteiger partial charge is 0.237 e. The molecule has 66 valence electrons. The lowest BCUT2D eigenvalue weighted by Gasteiger charge is -1.95. The first-order valence-corrected chi connectivity index (χ1v) is 4.11. The molecule has 3 heteroatoms. The van der Waals surface area contributed by atoms with Gasteiger partial charge >= 0.3 is 0 Å². The Morgan fingerprint density at radius 3 is 2.77 bits per heavy atom. The maximum atomic E-state index is 11.3. The molecule has 0 radical (unpaired) electrons. The van der Waals surface area contributed by atoms with Crippen molar-refractivity contribution in [3.8, 4) is 11.8 Å². The number of Topliss-reactive ketones (excluding diaryl/α,β-unsaturated/α-hetero) is 1. The maximum absolute atomic E-state index is 11.3. The fourth-order valence-corrected chi connectivity index (χ4v) is 1.07. The van der Waals surface area contributed by atoms with Crippen molar-refractivity contribution >= 4 is 17.4 Å². The molecule has 0 aliphatic rings. The molecule has 0 aliphatic carbocycles. The Balaban J connectivity index is 2.96. The topological polar surface area (TPSA) is 43.1 Å². The van der Waals surface area contributed by atoms with Crippen LogP contribution in [0.5, 0.6) is 0 Å². The van der Waals surface area contributed by atoms with Crippen molar-refractivity contribution in [3.05, 3.63) is 34.9 Å². The molecular formula is C10H8ClNO. The van der Waals surface area contributed by atoms with Crippen molar-refractivity contribution in [1.82, 2.24) is 0 Å². The fraction of sp³-hybridized carbons (Fsp3) is 0.100. The average molecular weight is 194 g/mol. The third kappa shape index (κ3) is 2.59. The molecule has 0 bridgehead atoms. The van der Waals surface area contributed by atoms with E-state index in [0.717, 1.165) is 0 Å². The molecule has 0 aliphatic heterocycles. The minimum atomic E-state index is -0.295. The van der Waals surface area contributed by atoms with Gasteiger partial charge in [0, 0.05) is 5.56 Å². The minimum Gasteiger partial charge on any atom is -0.320 e. The summed E-state index contributed by atoms with van der Waals surface area (Å²) in [6.07, 6.45) is 0. The molecule has 1 rings (SSSR count). The highest BCUT2D eigenvalue weighted by Crippen LogP contribution is 2.14. The first-order valence-electron chi connectivity index (χ1n) is 3.73. The maximum Gasteiger partial charge on any atom is 0.237 e. The summed E-state index contributed by atoms with van der Waals surface area (Å²) in [4.78, 5) is 11.3. The van der Waals surface area contributed by atoms with Gasteiger partial charge in [0.15, 0.2) is 0 Å². The van der Waals surface area contributed by atoms with E-state index < -0.39 is 0 Å². The molecule has 0 aromatic heterocycles. The molecule has 0 amide bonds. The molecule has 2 N–H and O–H groups in total. The fourth-order valence-electron chi connectivity index (χ4n) is 0.844. The van der Waals surface area contributed by atoms with E-state index in [0.29, 0.717) is 10.6 Å². The van der Waals surface area contributed by atoms with Crippen LogP contribution in [0.4, 0.5) is 0 Å². The molecular weight excluding hydrogens is 186 g/mol.